The molecule has 0 aliphatic heterocycles. The molecule has 2 aromatic carbocycles. The minimum Gasteiger partial charge on any atom is -0.398 e. The number of nitrogens with two attached hydrogens (primary N) is 2. The van der Waals surface area contributed by atoms with E-state index in [1.807, 2.05) is 0 Å². The second-order valence-electron chi connectivity index (χ2n) is 4.49. The molecule has 2 aromatic rings. The molecular weight excluding hydrogens is 347 g/mol. The zero-order valence-corrected chi connectivity index (χ0v) is 12.4. The van der Waals surface area contributed by atoms with E-state index in [9.17, 15) is 13.2 Å². The van der Waals surface area contributed by atoms with Crippen LogP contribution in [0.5, 0.6) is 0 Å². The Morgan fingerprint density at radius 3 is 2.19 bits per heavy atom. The number of hydrogen-bond donors (Lipinski definition) is 3. The average Bonchev–Trinajstić information content (AvgIpc) is 2.43. The lowest BCUT2D eigenvalue weighted by atomic mass is 9.97. The molecule has 0 radical (unpaired) electrons. The van der Waals surface area contributed by atoms with E-state index in [1.54, 1.807) is 18.2 Å². The van der Waals surface area contributed by atoms with Crippen LogP contribution in [0.4, 0.5) is 18.9 Å². The molecule has 1 unspecified atom stereocenters. The summed E-state index contributed by atoms with van der Waals surface area (Å²) < 4.78 is 38.5. The van der Waals surface area contributed by atoms with Crippen molar-refractivity contribution >= 4 is 21.6 Å². The predicted molar refractivity (Wildman–Crippen MR) is 79.2 cm³/mol. The standard InChI is InChI=1S/C14H13BrF3N3/c15-10-5-6-12(19)11(7-10)13(21-20)8-1-3-9(4-2-8)14(16,17)18/h1-7,13,21H,19-20H2. The van der Waals surface area contributed by atoms with Crippen molar-refractivity contribution in [1.82, 2.24) is 5.43 Å². The van der Waals surface area contributed by atoms with Crippen LogP contribution in [-0.2, 0) is 6.18 Å². The van der Waals surface area contributed by atoms with Crippen LogP contribution in [0, 0.1) is 0 Å². The number of benzene rings is 2. The zero-order valence-electron chi connectivity index (χ0n) is 10.8. The van der Waals surface area contributed by atoms with Gasteiger partial charge in [0.15, 0.2) is 0 Å². The summed E-state index contributed by atoms with van der Waals surface area (Å²) in [5.41, 5.74) is 9.56. The molecule has 3 nitrogen and oxygen atoms in total. The van der Waals surface area contributed by atoms with E-state index in [0.717, 1.165) is 16.6 Å². The lowest BCUT2D eigenvalue weighted by Crippen LogP contribution is -2.29. The molecule has 0 aliphatic carbocycles. The molecule has 0 fully saturated rings. The minimum absolute atomic E-state index is 0.496. The minimum atomic E-state index is -4.36. The largest absolute Gasteiger partial charge is 0.416 e. The molecule has 0 amide bonds. The summed E-state index contributed by atoms with van der Waals surface area (Å²) in [4.78, 5) is 0. The number of nitrogens with one attached hydrogen (secondary N) is 1. The summed E-state index contributed by atoms with van der Waals surface area (Å²) in [7, 11) is 0. The van der Waals surface area contributed by atoms with Gasteiger partial charge in [0.1, 0.15) is 0 Å². The number of rotatable bonds is 3. The molecule has 0 heterocycles. The highest BCUT2D eigenvalue weighted by molar-refractivity contribution is 9.10. The molecule has 5 N–H and O–H groups in total. The molecule has 0 saturated heterocycles. The van der Waals surface area contributed by atoms with Crippen LogP contribution in [0.25, 0.3) is 0 Å². The maximum Gasteiger partial charge on any atom is 0.416 e. The molecule has 21 heavy (non-hydrogen) atoms. The van der Waals surface area contributed by atoms with Gasteiger partial charge >= 0.3 is 6.18 Å². The molecule has 0 aliphatic rings. The first-order valence-corrected chi connectivity index (χ1v) is 6.80. The lowest BCUT2D eigenvalue weighted by molar-refractivity contribution is -0.137. The Hall–Kier alpha value is -1.57. The Labute approximate surface area is 128 Å². The maximum atomic E-state index is 12.6. The van der Waals surface area contributed by atoms with E-state index in [-0.39, 0.29) is 0 Å². The summed E-state index contributed by atoms with van der Waals surface area (Å²) >= 11 is 3.33. The van der Waals surface area contributed by atoms with Gasteiger partial charge in [0.25, 0.3) is 0 Å². The maximum absolute atomic E-state index is 12.6. The van der Waals surface area contributed by atoms with Gasteiger partial charge in [-0.1, -0.05) is 28.1 Å². The van der Waals surface area contributed by atoms with Crippen LogP contribution < -0.4 is 17.0 Å². The predicted octanol–water partition coefficient (Wildman–Crippen LogP) is 3.60. The average molecular weight is 360 g/mol. The van der Waals surface area contributed by atoms with Crippen molar-refractivity contribution < 1.29 is 13.2 Å². The summed E-state index contributed by atoms with van der Waals surface area (Å²) in [6, 6.07) is 9.57. The quantitative estimate of drug-likeness (QED) is 0.445. The van der Waals surface area contributed by atoms with Gasteiger partial charge in [0, 0.05) is 10.2 Å². The zero-order chi connectivity index (χ0) is 15.6. The number of alkyl halides is 3. The Morgan fingerprint density at radius 1 is 1.05 bits per heavy atom. The van der Waals surface area contributed by atoms with Crippen LogP contribution in [0.15, 0.2) is 46.9 Å². The van der Waals surface area contributed by atoms with Gasteiger partial charge in [-0.25, -0.2) is 5.43 Å². The van der Waals surface area contributed by atoms with E-state index in [2.05, 4.69) is 21.4 Å². The third kappa shape index (κ3) is 3.55. The van der Waals surface area contributed by atoms with Crippen molar-refractivity contribution in [1.29, 1.82) is 0 Å². The van der Waals surface area contributed by atoms with Crippen LogP contribution in [-0.4, -0.2) is 0 Å². The summed E-state index contributed by atoms with van der Waals surface area (Å²) in [5, 5.41) is 0. The molecule has 2 rings (SSSR count). The topological polar surface area (TPSA) is 64.1 Å². The Kier molecular flexibility index (Phi) is 4.55. The molecule has 112 valence electrons. The van der Waals surface area contributed by atoms with Gasteiger partial charge in [-0.2, -0.15) is 13.2 Å². The monoisotopic (exact) mass is 359 g/mol. The van der Waals surface area contributed by atoms with E-state index >= 15 is 0 Å². The van der Waals surface area contributed by atoms with Crippen molar-refractivity contribution in [3.8, 4) is 0 Å². The fourth-order valence-electron chi connectivity index (χ4n) is 2.03. The van der Waals surface area contributed by atoms with Gasteiger partial charge < -0.3 is 5.73 Å². The number of anilines is 1. The van der Waals surface area contributed by atoms with Gasteiger partial charge in [-0.05, 0) is 41.5 Å². The Bertz CT molecular complexity index is 626. The normalized spacial score (nSPS) is 13.2. The molecular formula is C14H13BrF3N3. The highest BCUT2D eigenvalue weighted by Crippen LogP contribution is 2.32. The first-order valence-electron chi connectivity index (χ1n) is 6.01. The second kappa shape index (κ2) is 6.05. The first kappa shape index (κ1) is 15.8. The van der Waals surface area contributed by atoms with Crippen molar-refractivity contribution in [2.24, 2.45) is 5.84 Å². The molecule has 0 bridgehead atoms. The van der Waals surface area contributed by atoms with Crippen molar-refractivity contribution in [2.75, 3.05) is 5.73 Å². The molecule has 1 atom stereocenters. The molecule has 0 saturated carbocycles. The molecule has 0 spiro atoms. The highest BCUT2D eigenvalue weighted by atomic mass is 79.9. The number of nitrogen functional groups attached to an aromatic ring is 1. The fraction of sp³-hybridized carbons (Fsp3) is 0.143. The van der Waals surface area contributed by atoms with E-state index in [0.29, 0.717) is 16.8 Å². The van der Waals surface area contributed by atoms with Crippen molar-refractivity contribution in [3.63, 3.8) is 0 Å². The smallest absolute Gasteiger partial charge is 0.398 e. The van der Waals surface area contributed by atoms with E-state index in [1.165, 1.54) is 12.1 Å². The van der Waals surface area contributed by atoms with Gasteiger partial charge in [-0.3, -0.25) is 5.84 Å². The van der Waals surface area contributed by atoms with Crippen LogP contribution in [0.2, 0.25) is 0 Å². The third-order valence-electron chi connectivity index (χ3n) is 3.10. The van der Waals surface area contributed by atoms with E-state index in [4.69, 9.17) is 11.6 Å². The highest BCUT2D eigenvalue weighted by Gasteiger charge is 2.30. The molecule has 0 aromatic heterocycles. The summed E-state index contributed by atoms with van der Waals surface area (Å²) in [6.45, 7) is 0. The second-order valence-corrected chi connectivity index (χ2v) is 5.41. The van der Waals surface area contributed by atoms with Crippen molar-refractivity contribution in [3.05, 3.63) is 63.6 Å². The summed E-state index contributed by atoms with van der Waals surface area (Å²) in [6.07, 6.45) is -4.36. The number of hydrogen-bond acceptors (Lipinski definition) is 3. The van der Waals surface area contributed by atoms with Crippen LogP contribution >= 0.6 is 15.9 Å². The SMILES string of the molecule is NNC(c1ccc(C(F)(F)F)cc1)c1cc(Br)ccc1N. The van der Waals surface area contributed by atoms with Gasteiger partial charge in [-0.15, -0.1) is 0 Å². The third-order valence-corrected chi connectivity index (χ3v) is 3.59. The van der Waals surface area contributed by atoms with Crippen LogP contribution in [0.3, 0.4) is 0 Å². The van der Waals surface area contributed by atoms with E-state index < -0.39 is 17.8 Å². The van der Waals surface area contributed by atoms with Gasteiger partial charge in [0.05, 0.1) is 11.6 Å². The summed E-state index contributed by atoms with van der Waals surface area (Å²) in [5.74, 6) is 5.54. The van der Waals surface area contributed by atoms with Gasteiger partial charge in [0.2, 0.25) is 0 Å². The fourth-order valence-corrected chi connectivity index (χ4v) is 2.40. The first-order chi connectivity index (χ1) is 9.82. The Balaban J connectivity index is 2.40. The molecule has 7 heteroatoms. The lowest BCUT2D eigenvalue weighted by Gasteiger charge is -2.19. The van der Waals surface area contributed by atoms with Crippen molar-refractivity contribution in [2.45, 2.75) is 12.2 Å². The number of hydrazine groups is 1. The number of halogens is 4. The van der Waals surface area contributed by atoms with Crippen LogP contribution in [0.1, 0.15) is 22.7 Å². The Morgan fingerprint density at radius 2 is 1.67 bits per heavy atom.